The highest BCUT2D eigenvalue weighted by atomic mass is 16.5. The van der Waals surface area contributed by atoms with E-state index in [0.717, 1.165) is 32.3 Å². The third kappa shape index (κ3) is 3.49. The van der Waals surface area contributed by atoms with E-state index in [-0.39, 0.29) is 11.6 Å². The average molecular weight is 249 g/mol. The van der Waals surface area contributed by atoms with Crippen molar-refractivity contribution < 1.29 is 4.74 Å². The Bertz CT molecular complexity index is 282. The number of nitrogens with one attached hydrogen (secondary N) is 1. The van der Waals surface area contributed by atoms with Gasteiger partial charge in [-0.25, -0.2) is 0 Å². The number of ether oxygens (including phenoxy) is 1. The molecule has 0 aromatic rings. The molecule has 1 aliphatic carbocycles. The fourth-order valence-corrected chi connectivity index (χ4v) is 3.50. The third-order valence-electron chi connectivity index (χ3n) is 4.47. The molecular formula is C16H27NO. The molecular weight excluding hydrogens is 222 g/mol. The van der Waals surface area contributed by atoms with E-state index in [0.29, 0.717) is 6.04 Å². The van der Waals surface area contributed by atoms with Crippen molar-refractivity contribution in [3.63, 3.8) is 0 Å². The molecule has 2 aliphatic rings. The molecule has 0 bridgehead atoms. The first-order chi connectivity index (χ1) is 8.78. The fraction of sp³-hybridized carbons (Fsp3) is 0.875. The van der Waals surface area contributed by atoms with Crippen LogP contribution < -0.4 is 5.32 Å². The van der Waals surface area contributed by atoms with Gasteiger partial charge in [-0.3, -0.25) is 0 Å². The molecule has 1 aliphatic heterocycles. The van der Waals surface area contributed by atoms with Crippen molar-refractivity contribution in [2.24, 2.45) is 0 Å². The summed E-state index contributed by atoms with van der Waals surface area (Å²) < 4.78 is 6.12. The maximum Gasteiger partial charge on any atom is 0.0697 e. The molecule has 18 heavy (non-hydrogen) atoms. The van der Waals surface area contributed by atoms with Crippen LogP contribution in [0.4, 0.5) is 0 Å². The molecule has 1 saturated heterocycles. The summed E-state index contributed by atoms with van der Waals surface area (Å²) in [5.74, 6) is 2.89. The van der Waals surface area contributed by atoms with Crippen LogP contribution in [0.5, 0.6) is 0 Å². The Kier molecular flexibility index (Phi) is 5.09. The highest BCUT2D eigenvalue weighted by Crippen LogP contribution is 2.38. The Morgan fingerprint density at radius 3 is 2.83 bits per heavy atom. The number of hydrogen-bond donors (Lipinski definition) is 1. The maximum absolute atomic E-state index is 6.12. The largest absolute Gasteiger partial charge is 0.375 e. The summed E-state index contributed by atoms with van der Waals surface area (Å²) in [6.07, 6.45) is 16.7. The van der Waals surface area contributed by atoms with Crippen LogP contribution in [0, 0.1) is 12.3 Å². The van der Waals surface area contributed by atoms with E-state index in [9.17, 15) is 0 Å². The maximum atomic E-state index is 6.12. The molecule has 2 heteroatoms. The van der Waals surface area contributed by atoms with Crippen molar-refractivity contribution >= 4 is 0 Å². The lowest BCUT2D eigenvalue weighted by molar-refractivity contribution is -0.109. The van der Waals surface area contributed by atoms with Crippen LogP contribution in [-0.2, 0) is 4.74 Å². The molecule has 0 aromatic carbocycles. The van der Waals surface area contributed by atoms with Gasteiger partial charge in [-0.1, -0.05) is 38.5 Å². The van der Waals surface area contributed by atoms with Crippen LogP contribution in [0.15, 0.2) is 0 Å². The highest BCUT2D eigenvalue weighted by molar-refractivity contribution is 5.01. The molecule has 2 unspecified atom stereocenters. The van der Waals surface area contributed by atoms with Crippen LogP contribution in [0.3, 0.4) is 0 Å². The van der Waals surface area contributed by atoms with Gasteiger partial charge >= 0.3 is 0 Å². The van der Waals surface area contributed by atoms with Gasteiger partial charge in [0.2, 0.25) is 0 Å². The molecule has 0 amide bonds. The zero-order valence-corrected chi connectivity index (χ0v) is 11.7. The van der Waals surface area contributed by atoms with Crippen LogP contribution in [0.2, 0.25) is 0 Å². The predicted octanol–water partition coefficient (Wildman–Crippen LogP) is 3.26. The molecule has 2 fully saturated rings. The first-order valence-corrected chi connectivity index (χ1v) is 7.64. The van der Waals surface area contributed by atoms with Gasteiger partial charge in [0.1, 0.15) is 0 Å². The van der Waals surface area contributed by atoms with Gasteiger partial charge in [-0.2, -0.15) is 0 Å². The van der Waals surface area contributed by atoms with Gasteiger partial charge in [0, 0.05) is 12.6 Å². The smallest absolute Gasteiger partial charge is 0.0697 e. The Morgan fingerprint density at radius 2 is 2.17 bits per heavy atom. The van der Waals surface area contributed by atoms with E-state index in [2.05, 4.69) is 18.2 Å². The summed E-state index contributed by atoms with van der Waals surface area (Å²) in [7, 11) is 0. The van der Waals surface area contributed by atoms with Gasteiger partial charge in [0.25, 0.3) is 0 Å². The summed E-state index contributed by atoms with van der Waals surface area (Å²) in [4.78, 5) is 0. The van der Waals surface area contributed by atoms with Crippen molar-refractivity contribution in [1.82, 2.24) is 5.32 Å². The Labute approximate surface area is 112 Å². The Morgan fingerprint density at radius 1 is 1.39 bits per heavy atom. The van der Waals surface area contributed by atoms with E-state index in [1.165, 1.54) is 32.1 Å². The first-order valence-electron chi connectivity index (χ1n) is 7.64. The summed E-state index contributed by atoms with van der Waals surface area (Å²) in [5, 5.41) is 3.66. The van der Waals surface area contributed by atoms with Crippen molar-refractivity contribution in [3.05, 3.63) is 0 Å². The Balaban J connectivity index is 1.88. The molecule has 1 saturated carbocycles. The van der Waals surface area contributed by atoms with Gasteiger partial charge < -0.3 is 10.1 Å². The number of rotatable bonds is 4. The van der Waals surface area contributed by atoms with E-state index < -0.39 is 0 Å². The molecule has 2 nitrogen and oxygen atoms in total. The van der Waals surface area contributed by atoms with Crippen LogP contribution in [0.25, 0.3) is 0 Å². The van der Waals surface area contributed by atoms with E-state index >= 15 is 0 Å². The first kappa shape index (κ1) is 13.9. The monoisotopic (exact) mass is 249 g/mol. The van der Waals surface area contributed by atoms with Gasteiger partial charge in [0.15, 0.2) is 0 Å². The van der Waals surface area contributed by atoms with Gasteiger partial charge in [-0.05, 0) is 32.1 Å². The Hall–Kier alpha value is -0.520. The van der Waals surface area contributed by atoms with E-state index in [1.807, 2.05) is 0 Å². The quantitative estimate of drug-likeness (QED) is 0.772. The lowest BCUT2D eigenvalue weighted by Gasteiger charge is -2.44. The van der Waals surface area contributed by atoms with Crippen LogP contribution >= 0.6 is 0 Å². The summed E-state index contributed by atoms with van der Waals surface area (Å²) >= 11 is 0. The fourth-order valence-electron chi connectivity index (χ4n) is 3.50. The lowest BCUT2D eigenvalue weighted by atomic mass is 9.78. The zero-order chi connectivity index (χ0) is 12.8. The number of hydrogen-bond acceptors (Lipinski definition) is 2. The van der Waals surface area contributed by atoms with Crippen LogP contribution in [0.1, 0.15) is 64.7 Å². The van der Waals surface area contributed by atoms with Crippen molar-refractivity contribution in [1.29, 1.82) is 0 Å². The second-order valence-electron chi connectivity index (χ2n) is 5.96. The van der Waals surface area contributed by atoms with Gasteiger partial charge in [-0.15, -0.1) is 6.42 Å². The molecule has 102 valence electrons. The molecule has 1 spiro atoms. The summed E-state index contributed by atoms with van der Waals surface area (Å²) in [5.41, 5.74) is 0.180. The number of terminal acetylenes is 1. The molecule has 0 aromatic heterocycles. The van der Waals surface area contributed by atoms with Crippen molar-refractivity contribution in [2.45, 2.75) is 82.4 Å². The second-order valence-corrected chi connectivity index (χ2v) is 5.96. The van der Waals surface area contributed by atoms with E-state index in [1.54, 1.807) is 0 Å². The topological polar surface area (TPSA) is 21.3 Å². The van der Waals surface area contributed by atoms with Crippen molar-refractivity contribution in [3.8, 4) is 12.3 Å². The third-order valence-corrected chi connectivity index (χ3v) is 4.47. The summed E-state index contributed by atoms with van der Waals surface area (Å²) in [6.45, 7) is 3.10. The highest BCUT2D eigenvalue weighted by Gasteiger charge is 2.38. The zero-order valence-electron chi connectivity index (χ0n) is 11.7. The lowest BCUT2D eigenvalue weighted by Crippen LogP contribution is -2.50. The molecule has 1 N–H and O–H groups in total. The van der Waals surface area contributed by atoms with Crippen molar-refractivity contribution in [2.75, 3.05) is 6.61 Å². The molecule has 1 heterocycles. The van der Waals surface area contributed by atoms with Crippen LogP contribution in [-0.4, -0.2) is 24.3 Å². The molecule has 2 atom stereocenters. The van der Waals surface area contributed by atoms with Gasteiger partial charge in [0.05, 0.1) is 11.6 Å². The second kappa shape index (κ2) is 6.59. The standard InChI is InChI=1S/C16H27NO/c1-3-8-14(4-2)17-15-9-12-18-16(13-15)10-6-5-7-11-16/h2,14-15,17H,3,5-13H2,1H3. The summed E-state index contributed by atoms with van der Waals surface area (Å²) in [6, 6.07) is 0.809. The minimum atomic E-state index is 0.180. The predicted molar refractivity (Wildman–Crippen MR) is 75.5 cm³/mol. The van der Waals surface area contributed by atoms with E-state index in [4.69, 9.17) is 11.2 Å². The minimum absolute atomic E-state index is 0.180. The molecule has 0 radical (unpaired) electrons. The minimum Gasteiger partial charge on any atom is -0.375 e. The SMILES string of the molecule is C#CC(CCC)NC1CCOC2(CCCCC2)C1. The molecule has 2 rings (SSSR count). The average Bonchev–Trinajstić information content (AvgIpc) is 2.39. The normalized spacial score (nSPS) is 28.8.